The lowest BCUT2D eigenvalue weighted by Crippen LogP contribution is -2.25. The average Bonchev–Trinajstić information content (AvgIpc) is 3.81. The fourth-order valence-corrected chi connectivity index (χ4v) is 6.07. The van der Waals surface area contributed by atoms with Gasteiger partial charge in [-0.2, -0.15) is 0 Å². The van der Waals surface area contributed by atoms with Crippen LogP contribution < -0.4 is 0 Å². The van der Waals surface area contributed by atoms with E-state index in [0.29, 0.717) is 0 Å². The molecule has 0 fully saturated rings. The van der Waals surface area contributed by atoms with Crippen molar-refractivity contribution in [1.29, 1.82) is 0 Å². The summed E-state index contributed by atoms with van der Waals surface area (Å²) < 4.78 is 0. The van der Waals surface area contributed by atoms with Gasteiger partial charge in [0, 0.05) is 40.9 Å². The molecule has 3 aromatic rings. The Morgan fingerprint density at radius 3 is 1.98 bits per heavy atom. The first-order valence-electron chi connectivity index (χ1n) is 15.9. The zero-order chi connectivity index (χ0) is 28.6. The molecule has 0 unspecified atom stereocenters. The molecule has 3 aliphatic rings. The lowest BCUT2D eigenvalue weighted by Gasteiger charge is -2.29. The Bertz CT molecular complexity index is 1660. The lowest BCUT2D eigenvalue weighted by atomic mass is 10.0. The van der Waals surface area contributed by atoms with Gasteiger partial charge < -0.3 is 14.9 Å². The largest absolute Gasteiger partial charge is 0.367 e. The van der Waals surface area contributed by atoms with Crippen LogP contribution in [0.3, 0.4) is 0 Å². The highest BCUT2D eigenvalue weighted by atomic mass is 15.1. The summed E-state index contributed by atoms with van der Waals surface area (Å²) in [5.74, 6) is 0. The molecule has 5 heteroatoms. The molecule has 0 aromatic carbocycles. The van der Waals surface area contributed by atoms with Crippen LogP contribution in [-0.2, 0) is 0 Å². The van der Waals surface area contributed by atoms with Gasteiger partial charge in [-0.3, -0.25) is 0 Å². The first-order valence-corrected chi connectivity index (χ1v) is 15.9. The number of aromatic amines is 2. The van der Waals surface area contributed by atoms with Crippen molar-refractivity contribution in [2.45, 2.75) is 71.1 Å². The highest BCUT2D eigenvalue weighted by Crippen LogP contribution is 2.31. The van der Waals surface area contributed by atoms with E-state index in [1.54, 1.807) is 0 Å². The second kappa shape index (κ2) is 13.7. The van der Waals surface area contributed by atoms with Crippen molar-refractivity contribution in [3.63, 3.8) is 0 Å². The molecule has 5 nitrogen and oxygen atoms in total. The van der Waals surface area contributed by atoms with Crippen LogP contribution in [0.5, 0.6) is 0 Å². The average molecular weight is 558 g/mol. The van der Waals surface area contributed by atoms with E-state index in [1.165, 1.54) is 69.9 Å². The minimum Gasteiger partial charge on any atom is -0.367 e. The van der Waals surface area contributed by atoms with E-state index in [0.717, 1.165) is 63.5 Å². The Kier molecular flexibility index (Phi) is 9.14. The van der Waals surface area contributed by atoms with Crippen molar-refractivity contribution in [1.82, 2.24) is 24.8 Å². The van der Waals surface area contributed by atoms with Gasteiger partial charge in [-0.15, -0.1) is 0 Å². The molecule has 0 saturated carbocycles. The molecule has 8 bridgehead atoms. The van der Waals surface area contributed by atoms with Crippen molar-refractivity contribution >= 4 is 52.1 Å². The SMILES string of the molecule is CCCCCCCCCCCCN1CC=CC=C1c1c2nc(cc3ccc(cc4nc(cc5ccc1[nH]5)C=C4)[nH]3)C=C2. The highest BCUT2D eigenvalue weighted by molar-refractivity contribution is 5.88. The number of allylic oxidation sites excluding steroid dienone is 2. The fraction of sp³-hybridized carbons (Fsp3) is 0.351. The maximum atomic E-state index is 5.11. The molecule has 6 heterocycles. The standard InChI is InChI=1S/C37H43N5/c1-2-3-4-5-6-7-8-9-10-12-23-42-24-13-11-14-36(42)37-34-21-19-32(40-34)26-30-17-15-28(38-30)25-29-16-18-31(39-29)27-33-20-22-35(37)41-33/h11,13-22,25-27,38,41H,2-10,12,23-24H2,1H3. The van der Waals surface area contributed by atoms with Crippen LogP contribution in [0.1, 0.15) is 99.5 Å². The van der Waals surface area contributed by atoms with E-state index in [2.05, 4.69) is 107 Å². The summed E-state index contributed by atoms with van der Waals surface area (Å²) in [6.07, 6.45) is 28.6. The van der Waals surface area contributed by atoms with Gasteiger partial charge in [0.2, 0.25) is 0 Å². The number of aromatic nitrogens is 4. The molecule has 0 saturated heterocycles. The first-order chi connectivity index (χ1) is 20.7. The predicted octanol–water partition coefficient (Wildman–Crippen LogP) is 9.79. The number of unbranched alkanes of at least 4 members (excludes halogenated alkanes) is 9. The normalized spacial score (nSPS) is 14.1. The zero-order valence-electron chi connectivity index (χ0n) is 24.9. The second-order valence-corrected chi connectivity index (χ2v) is 11.7. The van der Waals surface area contributed by atoms with Gasteiger partial charge in [0.25, 0.3) is 0 Å². The quantitative estimate of drug-likeness (QED) is 0.150. The van der Waals surface area contributed by atoms with Crippen molar-refractivity contribution in [3.05, 3.63) is 89.0 Å². The topological polar surface area (TPSA) is 60.6 Å². The minimum absolute atomic E-state index is 0.925. The Morgan fingerprint density at radius 2 is 1.26 bits per heavy atom. The summed E-state index contributed by atoms with van der Waals surface area (Å²) >= 11 is 0. The van der Waals surface area contributed by atoms with Gasteiger partial charge in [0.05, 0.1) is 28.3 Å². The van der Waals surface area contributed by atoms with Crippen LogP contribution in [0.25, 0.3) is 52.1 Å². The summed E-state index contributed by atoms with van der Waals surface area (Å²) in [4.78, 5) is 19.6. The summed E-state index contributed by atoms with van der Waals surface area (Å²) in [6, 6.07) is 14.8. The van der Waals surface area contributed by atoms with Crippen molar-refractivity contribution in [3.8, 4) is 0 Å². The smallest absolute Gasteiger partial charge is 0.0751 e. The van der Waals surface area contributed by atoms with E-state index in [-0.39, 0.29) is 0 Å². The van der Waals surface area contributed by atoms with Crippen molar-refractivity contribution < 1.29 is 0 Å². The molecule has 6 rings (SSSR count). The number of hydrogen-bond donors (Lipinski definition) is 2. The van der Waals surface area contributed by atoms with Crippen LogP contribution >= 0.6 is 0 Å². The second-order valence-electron chi connectivity index (χ2n) is 11.7. The summed E-state index contributed by atoms with van der Waals surface area (Å²) in [6.45, 7) is 4.27. The minimum atomic E-state index is 0.925. The Balaban J connectivity index is 1.28. The maximum Gasteiger partial charge on any atom is 0.0751 e. The van der Waals surface area contributed by atoms with Crippen molar-refractivity contribution in [2.75, 3.05) is 13.1 Å². The summed E-state index contributed by atoms with van der Waals surface area (Å²) in [5, 5.41) is 0. The van der Waals surface area contributed by atoms with E-state index in [9.17, 15) is 0 Å². The maximum absolute atomic E-state index is 5.11. The lowest BCUT2D eigenvalue weighted by molar-refractivity contribution is 0.411. The number of rotatable bonds is 12. The van der Waals surface area contributed by atoms with Crippen LogP contribution in [0.15, 0.2) is 60.7 Å². The number of nitrogens with one attached hydrogen (secondary N) is 2. The van der Waals surface area contributed by atoms with E-state index >= 15 is 0 Å². The molecule has 0 spiro atoms. The van der Waals surface area contributed by atoms with Crippen molar-refractivity contribution in [2.24, 2.45) is 0 Å². The Labute approximate surface area is 249 Å². The predicted molar refractivity (Wildman–Crippen MR) is 179 cm³/mol. The van der Waals surface area contributed by atoms with Crippen LogP contribution in [0, 0.1) is 0 Å². The van der Waals surface area contributed by atoms with Gasteiger partial charge in [-0.25, -0.2) is 9.97 Å². The zero-order valence-corrected chi connectivity index (χ0v) is 24.9. The van der Waals surface area contributed by atoms with Crippen LogP contribution in [0.4, 0.5) is 0 Å². The molecule has 42 heavy (non-hydrogen) atoms. The summed E-state index contributed by atoms with van der Waals surface area (Å²) in [7, 11) is 0. The third-order valence-corrected chi connectivity index (χ3v) is 8.31. The van der Waals surface area contributed by atoms with E-state index in [1.807, 2.05) is 0 Å². The Morgan fingerprint density at radius 1 is 0.667 bits per heavy atom. The molecule has 3 aliphatic heterocycles. The monoisotopic (exact) mass is 557 g/mol. The molecular weight excluding hydrogens is 514 g/mol. The summed E-state index contributed by atoms with van der Waals surface area (Å²) in [5.41, 5.74) is 10.4. The third-order valence-electron chi connectivity index (χ3n) is 8.31. The number of fused-ring (bicyclic) bond motifs is 8. The molecule has 0 radical (unpaired) electrons. The molecular formula is C37H43N5. The third kappa shape index (κ3) is 7.02. The molecule has 0 amide bonds. The van der Waals surface area contributed by atoms with Gasteiger partial charge in [0.15, 0.2) is 0 Å². The van der Waals surface area contributed by atoms with Gasteiger partial charge >= 0.3 is 0 Å². The molecule has 0 aliphatic carbocycles. The Hall–Kier alpha value is -4.12. The molecule has 3 aromatic heterocycles. The number of nitrogens with zero attached hydrogens (tertiary/aromatic N) is 3. The van der Waals surface area contributed by atoms with Gasteiger partial charge in [-0.1, -0.05) is 76.9 Å². The number of hydrogen-bond acceptors (Lipinski definition) is 3. The molecule has 2 N–H and O–H groups in total. The highest BCUT2D eigenvalue weighted by Gasteiger charge is 2.19. The first kappa shape index (κ1) is 28.0. The molecule has 0 atom stereocenters. The number of H-pyrrole nitrogens is 2. The molecule has 216 valence electrons. The van der Waals surface area contributed by atoms with E-state index in [4.69, 9.17) is 9.97 Å². The van der Waals surface area contributed by atoms with Gasteiger partial charge in [0.1, 0.15) is 0 Å². The van der Waals surface area contributed by atoms with Gasteiger partial charge in [-0.05, 0) is 79.3 Å². The fourth-order valence-electron chi connectivity index (χ4n) is 6.07. The van der Waals surface area contributed by atoms with Crippen LogP contribution in [-0.4, -0.2) is 37.9 Å². The van der Waals surface area contributed by atoms with E-state index < -0.39 is 0 Å². The van der Waals surface area contributed by atoms with Crippen LogP contribution in [0.2, 0.25) is 0 Å².